The van der Waals surface area contributed by atoms with E-state index in [-0.39, 0.29) is 11.4 Å². The van der Waals surface area contributed by atoms with Gasteiger partial charge in [-0.1, -0.05) is 13.8 Å². The largest absolute Gasteiger partial charge is 0.481 e. The van der Waals surface area contributed by atoms with Crippen LogP contribution < -0.4 is 0 Å². The van der Waals surface area contributed by atoms with Crippen molar-refractivity contribution < 1.29 is 14.8 Å². The summed E-state index contributed by atoms with van der Waals surface area (Å²) >= 11 is 0. The molecule has 1 N–H and O–H groups in total. The Morgan fingerprint density at radius 1 is 1.59 bits per heavy atom. The van der Waals surface area contributed by atoms with E-state index in [0.717, 1.165) is 0 Å². The van der Waals surface area contributed by atoms with Crippen molar-refractivity contribution in [1.29, 1.82) is 0 Å². The van der Waals surface area contributed by atoms with E-state index in [9.17, 15) is 14.9 Å². The number of aryl methyl sites for hydroxylation is 2. The topological polar surface area (TPSA) is 98.3 Å². The molecule has 1 rings (SSSR count). The lowest BCUT2D eigenvalue weighted by Gasteiger charge is -2.09. The van der Waals surface area contributed by atoms with Gasteiger partial charge in [-0.25, -0.2) is 0 Å². The first-order valence-electron chi connectivity index (χ1n) is 5.36. The van der Waals surface area contributed by atoms with Gasteiger partial charge < -0.3 is 5.11 Å². The summed E-state index contributed by atoms with van der Waals surface area (Å²) in [6, 6.07) is 0. The Balaban J connectivity index is 3.45. The average molecular weight is 241 g/mol. The van der Waals surface area contributed by atoms with Gasteiger partial charge in [-0.3, -0.25) is 19.6 Å². The van der Waals surface area contributed by atoms with Crippen LogP contribution in [0.5, 0.6) is 0 Å². The summed E-state index contributed by atoms with van der Waals surface area (Å²) in [7, 11) is 1.53. The van der Waals surface area contributed by atoms with Crippen LogP contribution in [0.25, 0.3) is 0 Å². The van der Waals surface area contributed by atoms with Crippen molar-refractivity contribution in [2.24, 2.45) is 7.05 Å². The van der Waals surface area contributed by atoms with Crippen molar-refractivity contribution in [2.75, 3.05) is 0 Å². The van der Waals surface area contributed by atoms with Crippen molar-refractivity contribution in [3.8, 4) is 0 Å². The van der Waals surface area contributed by atoms with Crippen molar-refractivity contribution in [3.05, 3.63) is 21.5 Å². The first-order chi connectivity index (χ1) is 7.93. The molecule has 94 valence electrons. The van der Waals surface area contributed by atoms with Gasteiger partial charge in [0.25, 0.3) is 0 Å². The molecule has 0 aliphatic carbocycles. The third-order valence-corrected chi connectivity index (χ3v) is 2.69. The Morgan fingerprint density at radius 3 is 2.53 bits per heavy atom. The van der Waals surface area contributed by atoms with Crippen molar-refractivity contribution in [2.45, 2.75) is 32.6 Å². The van der Waals surface area contributed by atoms with Crippen LogP contribution in [0.2, 0.25) is 0 Å². The average Bonchev–Trinajstić information content (AvgIpc) is 2.57. The summed E-state index contributed by atoms with van der Waals surface area (Å²) in [6.07, 6.45) is 0.694. The van der Waals surface area contributed by atoms with E-state index in [1.807, 2.05) is 0 Å². The number of carboxylic acids is 1. The highest BCUT2D eigenvalue weighted by Crippen LogP contribution is 2.31. The molecule has 0 aliphatic heterocycles. The summed E-state index contributed by atoms with van der Waals surface area (Å²) in [5.41, 5.74) is 0.332. The Kier molecular flexibility index (Phi) is 3.82. The third-order valence-electron chi connectivity index (χ3n) is 2.69. The molecule has 0 saturated heterocycles. The highest BCUT2D eigenvalue weighted by atomic mass is 16.6. The third kappa shape index (κ3) is 2.27. The molecule has 0 fully saturated rings. The zero-order valence-electron chi connectivity index (χ0n) is 10.0. The van der Waals surface area contributed by atoms with Crippen LogP contribution in [-0.4, -0.2) is 25.8 Å². The van der Waals surface area contributed by atoms with Gasteiger partial charge in [0.2, 0.25) is 0 Å². The summed E-state index contributed by atoms with van der Waals surface area (Å²) in [4.78, 5) is 21.6. The summed E-state index contributed by atoms with van der Waals surface area (Å²) in [5, 5.41) is 24.1. The minimum Gasteiger partial charge on any atom is -0.481 e. The van der Waals surface area contributed by atoms with E-state index < -0.39 is 16.8 Å². The number of carboxylic acid groups (broad SMARTS) is 1. The van der Waals surface area contributed by atoms with E-state index in [0.29, 0.717) is 18.5 Å². The predicted molar refractivity (Wildman–Crippen MR) is 59.9 cm³/mol. The fraction of sp³-hybridized carbons (Fsp3) is 0.600. The molecule has 0 aromatic carbocycles. The number of hydrogen-bond acceptors (Lipinski definition) is 4. The molecular formula is C10H15N3O4. The molecule has 1 atom stereocenters. The minimum atomic E-state index is -1.07. The molecule has 0 amide bonds. The van der Waals surface area contributed by atoms with E-state index in [1.165, 1.54) is 11.7 Å². The molecule has 7 heteroatoms. The lowest BCUT2D eigenvalue weighted by Crippen LogP contribution is -2.15. The maximum atomic E-state index is 11.1. The molecule has 1 aromatic rings. The van der Waals surface area contributed by atoms with Gasteiger partial charge in [-0.15, -0.1) is 0 Å². The van der Waals surface area contributed by atoms with Crippen LogP contribution in [0, 0.1) is 10.1 Å². The fourth-order valence-corrected chi connectivity index (χ4v) is 1.90. The van der Waals surface area contributed by atoms with Crippen LogP contribution in [-0.2, 0) is 18.3 Å². The zero-order chi connectivity index (χ0) is 13.2. The second kappa shape index (κ2) is 4.94. The molecule has 0 saturated carbocycles. The van der Waals surface area contributed by atoms with Gasteiger partial charge in [0.15, 0.2) is 0 Å². The van der Waals surface area contributed by atoms with Gasteiger partial charge >= 0.3 is 11.7 Å². The second-order valence-corrected chi connectivity index (χ2v) is 3.71. The lowest BCUT2D eigenvalue weighted by molar-refractivity contribution is -0.386. The molecular weight excluding hydrogens is 226 g/mol. The highest BCUT2D eigenvalue weighted by molar-refractivity contribution is 5.77. The monoisotopic (exact) mass is 241 g/mol. The Bertz CT molecular complexity index is 453. The maximum absolute atomic E-state index is 11.1. The standard InChI is InChI=1S/C10H15N3O4/c1-4-6(10(14)15)8-9(13(16)17)7(5-2)11-12(8)3/h6H,4-5H2,1-3H3,(H,14,15). The zero-order valence-corrected chi connectivity index (χ0v) is 10.0. The number of aromatic nitrogens is 2. The summed E-state index contributed by atoms with van der Waals surface area (Å²) in [5.74, 6) is -1.96. The Hall–Kier alpha value is -1.92. The fourth-order valence-electron chi connectivity index (χ4n) is 1.90. The quantitative estimate of drug-likeness (QED) is 0.621. The molecule has 17 heavy (non-hydrogen) atoms. The van der Waals surface area contributed by atoms with Gasteiger partial charge in [0, 0.05) is 7.05 Å². The highest BCUT2D eigenvalue weighted by Gasteiger charge is 2.33. The number of nitrogens with zero attached hydrogens (tertiary/aromatic N) is 3. The van der Waals surface area contributed by atoms with Crippen LogP contribution in [0.15, 0.2) is 0 Å². The molecule has 7 nitrogen and oxygen atoms in total. The van der Waals surface area contributed by atoms with Crippen LogP contribution >= 0.6 is 0 Å². The first-order valence-corrected chi connectivity index (χ1v) is 5.36. The van der Waals surface area contributed by atoms with Gasteiger partial charge in [0.1, 0.15) is 17.3 Å². The van der Waals surface area contributed by atoms with Crippen molar-refractivity contribution in [1.82, 2.24) is 9.78 Å². The second-order valence-electron chi connectivity index (χ2n) is 3.71. The lowest BCUT2D eigenvalue weighted by atomic mass is 10.0. The number of aliphatic carboxylic acids is 1. The van der Waals surface area contributed by atoms with Crippen LogP contribution in [0.4, 0.5) is 5.69 Å². The normalized spacial score (nSPS) is 12.4. The molecule has 1 unspecified atom stereocenters. The van der Waals surface area contributed by atoms with E-state index in [2.05, 4.69) is 5.10 Å². The van der Waals surface area contributed by atoms with Crippen LogP contribution in [0.1, 0.15) is 37.6 Å². The number of rotatable bonds is 5. The molecule has 1 heterocycles. The smallest absolute Gasteiger partial charge is 0.314 e. The Labute approximate surface area is 98.2 Å². The minimum absolute atomic E-state index is 0.163. The number of carbonyl (C=O) groups is 1. The van der Waals surface area contributed by atoms with Crippen molar-refractivity contribution in [3.63, 3.8) is 0 Å². The first kappa shape index (κ1) is 13.1. The van der Waals surface area contributed by atoms with Gasteiger partial charge in [0.05, 0.1) is 4.92 Å². The van der Waals surface area contributed by atoms with E-state index in [4.69, 9.17) is 5.11 Å². The molecule has 0 spiro atoms. The number of nitro groups is 1. The summed E-state index contributed by atoms with van der Waals surface area (Å²) in [6.45, 7) is 3.43. The summed E-state index contributed by atoms with van der Waals surface area (Å²) < 4.78 is 1.30. The van der Waals surface area contributed by atoms with Gasteiger partial charge in [-0.05, 0) is 12.8 Å². The van der Waals surface area contributed by atoms with Gasteiger partial charge in [-0.2, -0.15) is 5.10 Å². The van der Waals surface area contributed by atoms with Crippen molar-refractivity contribution >= 4 is 11.7 Å². The predicted octanol–water partition coefficient (Wildman–Crippen LogP) is 1.47. The molecule has 0 bridgehead atoms. The van der Waals surface area contributed by atoms with E-state index in [1.54, 1.807) is 13.8 Å². The Morgan fingerprint density at radius 2 is 2.18 bits per heavy atom. The molecule has 0 radical (unpaired) electrons. The number of hydrogen-bond donors (Lipinski definition) is 1. The van der Waals surface area contributed by atoms with Crippen LogP contribution in [0.3, 0.4) is 0 Å². The molecule has 0 aliphatic rings. The SMILES string of the molecule is CCc1nn(C)c(C(CC)C(=O)O)c1[N+](=O)[O-]. The molecule has 1 aromatic heterocycles. The van der Waals surface area contributed by atoms with E-state index >= 15 is 0 Å². The maximum Gasteiger partial charge on any atom is 0.314 e.